The highest BCUT2D eigenvalue weighted by molar-refractivity contribution is 6.01. The number of carbonyl (C=O) groups excluding carboxylic acids is 3. The number of hydrogen-bond acceptors (Lipinski definition) is 8. The van der Waals surface area contributed by atoms with Gasteiger partial charge >= 0.3 is 18.4 Å². The highest BCUT2D eigenvalue weighted by atomic mass is 19.4. The van der Waals surface area contributed by atoms with Gasteiger partial charge in [-0.25, -0.2) is 19.4 Å². The van der Waals surface area contributed by atoms with Gasteiger partial charge in [0.15, 0.2) is 0 Å². The van der Waals surface area contributed by atoms with Crippen molar-refractivity contribution in [3.05, 3.63) is 102 Å². The monoisotopic (exact) mass is 701 g/mol. The van der Waals surface area contributed by atoms with Crippen LogP contribution in [-0.2, 0) is 20.8 Å². The first-order valence-electron chi connectivity index (χ1n) is 15.4. The number of nitrogens with zero attached hydrogens (tertiary/aromatic N) is 1. The molecule has 1 aliphatic heterocycles. The second kappa shape index (κ2) is 14.4. The van der Waals surface area contributed by atoms with Gasteiger partial charge in [0.1, 0.15) is 23.1 Å². The third-order valence-electron chi connectivity index (χ3n) is 7.03. The molecule has 1 heterocycles. The zero-order valence-electron chi connectivity index (χ0n) is 28.2. The summed E-state index contributed by atoms with van der Waals surface area (Å²) in [6.07, 6.45) is -6.28. The van der Waals surface area contributed by atoms with Gasteiger partial charge in [-0.1, -0.05) is 30.3 Å². The standard InChI is InChI=1S/C35H39F4N5O6/c1-32(2,3)49-30(47)40-20-21-8-7-9-25(18-21)44-17-16-34(43-44,35(37,38)39)29(46)42-27-19-23(12-15-26(27)36)28(45)22-10-13-24(14-11-22)41-31(48)50-33(4,5)6/h7-19,28,43,45H,20H2,1-6H3,(H,40,47)(H,41,48)(H,42,46)/t28?,34-/m0/s1. The molecule has 3 aromatic rings. The molecule has 268 valence electrons. The lowest BCUT2D eigenvalue weighted by Gasteiger charge is -2.32. The van der Waals surface area contributed by atoms with Crippen molar-refractivity contribution in [3.63, 3.8) is 0 Å². The molecule has 11 nitrogen and oxygen atoms in total. The fourth-order valence-corrected chi connectivity index (χ4v) is 4.71. The molecule has 0 saturated carbocycles. The maximum atomic E-state index is 14.9. The molecule has 0 fully saturated rings. The van der Waals surface area contributed by atoms with Crippen molar-refractivity contribution in [1.29, 1.82) is 0 Å². The Hall–Kier alpha value is -5.15. The summed E-state index contributed by atoms with van der Waals surface area (Å²) >= 11 is 0. The van der Waals surface area contributed by atoms with Crippen LogP contribution in [0.25, 0.3) is 0 Å². The smallest absolute Gasteiger partial charge is 0.421 e. The lowest BCUT2D eigenvalue weighted by atomic mass is 9.98. The summed E-state index contributed by atoms with van der Waals surface area (Å²) in [6, 6.07) is 15.3. The average Bonchev–Trinajstić information content (AvgIpc) is 3.47. The minimum atomic E-state index is -5.18. The zero-order chi connectivity index (χ0) is 37.1. The molecule has 0 saturated heterocycles. The number of nitrogens with one attached hydrogen (secondary N) is 4. The van der Waals surface area contributed by atoms with E-state index in [2.05, 4.69) is 16.1 Å². The van der Waals surface area contributed by atoms with Crippen LogP contribution >= 0.6 is 0 Å². The molecular formula is C35H39F4N5O6. The quantitative estimate of drug-likeness (QED) is 0.157. The predicted octanol–water partition coefficient (Wildman–Crippen LogP) is 7.06. The van der Waals surface area contributed by atoms with Crippen LogP contribution in [0.2, 0.25) is 0 Å². The predicted molar refractivity (Wildman–Crippen MR) is 178 cm³/mol. The maximum absolute atomic E-state index is 14.9. The number of hydrazine groups is 1. The van der Waals surface area contributed by atoms with Gasteiger partial charge in [0.25, 0.3) is 5.91 Å². The number of carbonyl (C=O) groups is 3. The molecule has 1 aliphatic rings. The third-order valence-corrected chi connectivity index (χ3v) is 7.03. The van der Waals surface area contributed by atoms with Crippen molar-refractivity contribution in [2.24, 2.45) is 0 Å². The Morgan fingerprint density at radius 3 is 2.10 bits per heavy atom. The average molecular weight is 702 g/mol. The second-order valence-corrected chi connectivity index (χ2v) is 13.5. The molecule has 50 heavy (non-hydrogen) atoms. The van der Waals surface area contributed by atoms with E-state index in [4.69, 9.17) is 9.47 Å². The van der Waals surface area contributed by atoms with E-state index in [1.54, 1.807) is 53.7 Å². The van der Waals surface area contributed by atoms with Crippen LogP contribution in [0.15, 0.2) is 79.0 Å². The lowest BCUT2D eigenvalue weighted by molar-refractivity contribution is -0.183. The summed E-state index contributed by atoms with van der Waals surface area (Å²) in [4.78, 5) is 37.4. The molecule has 15 heteroatoms. The summed E-state index contributed by atoms with van der Waals surface area (Å²) in [6.45, 7) is 10.2. The third kappa shape index (κ3) is 9.51. The van der Waals surface area contributed by atoms with Gasteiger partial charge in [-0.05, 0) is 101 Å². The number of aliphatic hydroxyl groups is 1. The number of alkyl carbamates (subject to hydrolysis) is 1. The fraction of sp³-hybridized carbons (Fsp3) is 0.343. The summed E-state index contributed by atoms with van der Waals surface area (Å²) in [5, 5.41) is 19.1. The Morgan fingerprint density at radius 2 is 1.48 bits per heavy atom. The number of rotatable bonds is 8. The minimum absolute atomic E-state index is 0.0137. The first-order chi connectivity index (χ1) is 23.2. The number of halogens is 4. The van der Waals surface area contributed by atoms with Crippen LogP contribution in [0, 0.1) is 5.82 Å². The van der Waals surface area contributed by atoms with Gasteiger partial charge < -0.3 is 25.2 Å². The Bertz CT molecular complexity index is 1750. The van der Waals surface area contributed by atoms with E-state index in [0.717, 1.165) is 23.3 Å². The van der Waals surface area contributed by atoms with Crippen molar-refractivity contribution in [1.82, 2.24) is 10.7 Å². The molecule has 0 bridgehead atoms. The first kappa shape index (κ1) is 37.7. The van der Waals surface area contributed by atoms with Crippen LogP contribution in [-0.4, -0.2) is 46.1 Å². The molecule has 1 unspecified atom stereocenters. The van der Waals surface area contributed by atoms with Crippen LogP contribution in [0.5, 0.6) is 0 Å². The molecule has 0 aromatic heterocycles. The topological polar surface area (TPSA) is 141 Å². The van der Waals surface area contributed by atoms with Crippen molar-refractivity contribution in [2.45, 2.75) is 77.1 Å². The number of amides is 3. The van der Waals surface area contributed by atoms with Crippen molar-refractivity contribution < 1.29 is 46.5 Å². The molecule has 3 amide bonds. The van der Waals surface area contributed by atoms with E-state index in [-0.39, 0.29) is 17.8 Å². The molecule has 3 aromatic carbocycles. The molecule has 0 spiro atoms. The van der Waals surface area contributed by atoms with E-state index in [9.17, 15) is 37.1 Å². The van der Waals surface area contributed by atoms with Crippen LogP contribution in [0.3, 0.4) is 0 Å². The number of anilines is 3. The van der Waals surface area contributed by atoms with Gasteiger partial charge in [-0.3, -0.25) is 15.1 Å². The van der Waals surface area contributed by atoms with Crippen molar-refractivity contribution in [3.8, 4) is 0 Å². The number of hydrogen-bond donors (Lipinski definition) is 5. The highest BCUT2D eigenvalue weighted by Gasteiger charge is 2.62. The summed E-state index contributed by atoms with van der Waals surface area (Å²) in [5.74, 6) is -2.66. The van der Waals surface area contributed by atoms with E-state index < -0.39 is 58.6 Å². The number of aliphatic hydroxyl groups excluding tert-OH is 1. The zero-order valence-corrected chi connectivity index (χ0v) is 28.2. The van der Waals surface area contributed by atoms with Gasteiger partial charge in [-0.2, -0.15) is 13.2 Å². The fourth-order valence-electron chi connectivity index (χ4n) is 4.71. The summed E-state index contributed by atoms with van der Waals surface area (Å²) in [5.41, 5.74) is -1.64. The van der Waals surface area contributed by atoms with E-state index in [1.165, 1.54) is 42.5 Å². The number of benzene rings is 3. The molecule has 4 rings (SSSR count). The Labute approximate surface area is 286 Å². The molecule has 0 radical (unpaired) electrons. The van der Waals surface area contributed by atoms with E-state index in [0.29, 0.717) is 22.9 Å². The van der Waals surface area contributed by atoms with Crippen LogP contribution in [0.1, 0.15) is 64.3 Å². The highest BCUT2D eigenvalue weighted by Crippen LogP contribution is 2.38. The molecule has 5 N–H and O–H groups in total. The van der Waals surface area contributed by atoms with Crippen LogP contribution in [0.4, 0.5) is 44.2 Å². The number of ether oxygens (including phenoxy) is 2. The minimum Gasteiger partial charge on any atom is -0.444 e. The van der Waals surface area contributed by atoms with E-state index in [1.807, 2.05) is 5.32 Å². The summed E-state index contributed by atoms with van der Waals surface area (Å²) < 4.78 is 69.0. The van der Waals surface area contributed by atoms with E-state index >= 15 is 0 Å². The normalized spacial score (nSPS) is 16.8. The molecule has 2 atom stereocenters. The molecule has 0 aliphatic carbocycles. The van der Waals surface area contributed by atoms with Crippen molar-refractivity contribution in [2.75, 3.05) is 15.6 Å². The lowest BCUT2D eigenvalue weighted by Crippen LogP contribution is -2.63. The summed E-state index contributed by atoms with van der Waals surface area (Å²) in [7, 11) is 0. The second-order valence-electron chi connectivity index (χ2n) is 13.5. The number of alkyl halides is 3. The Balaban J connectivity index is 1.48. The largest absolute Gasteiger partial charge is 0.444 e. The molecular weight excluding hydrogens is 662 g/mol. The Morgan fingerprint density at radius 1 is 0.860 bits per heavy atom. The van der Waals surface area contributed by atoms with Crippen molar-refractivity contribution >= 4 is 35.2 Å². The van der Waals surface area contributed by atoms with Gasteiger partial charge in [0, 0.05) is 18.4 Å². The maximum Gasteiger partial charge on any atom is 0.421 e. The van der Waals surface area contributed by atoms with Gasteiger partial charge in [-0.15, -0.1) is 0 Å². The SMILES string of the molecule is CC(C)(C)OC(=O)NCc1cccc(N2C=C[C@](C(=O)Nc3cc(C(O)c4ccc(NC(=O)OC(C)(C)C)cc4)ccc3F)(C(F)(F)F)N2)c1. The first-order valence-corrected chi connectivity index (χ1v) is 15.4. The van der Waals surface area contributed by atoms with Gasteiger partial charge in [0.2, 0.25) is 5.54 Å². The van der Waals surface area contributed by atoms with Gasteiger partial charge in [0.05, 0.1) is 11.4 Å². The Kier molecular flexibility index (Phi) is 10.8. The van der Waals surface area contributed by atoms with Crippen LogP contribution < -0.4 is 26.4 Å².